The standard InChI is InChI=1S/C17H34N2O/c1-4-17(5-2,13-18-15-7-8-15)14-19-11-9-16(10-12-19)20-6-3/h15-16,18H,4-14H2,1-3H3. The Balaban J connectivity index is 1.78. The minimum Gasteiger partial charge on any atom is -0.378 e. The maximum absolute atomic E-state index is 5.76. The van der Waals surface area contributed by atoms with Crippen LogP contribution in [0.25, 0.3) is 0 Å². The predicted octanol–water partition coefficient (Wildman–Crippen LogP) is 3.05. The Morgan fingerprint density at radius 1 is 1.05 bits per heavy atom. The second kappa shape index (κ2) is 7.77. The average molecular weight is 282 g/mol. The highest BCUT2D eigenvalue weighted by atomic mass is 16.5. The van der Waals surface area contributed by atoms with Crippen LogP contribution < -0.4 is 5.32 Å². The van der Waals surface area contributed by atoms with Crippen LogP contribution in [0.15, 0.2) is 0 Å². The molecular weight excluding hydrogens is 248 g/mol. The lowest BCUT2D eigenvalue weighted by molar-refractivity contribution is 0.00274. The Morgan fingerprint density at radius 2 is 1.70 bits per heavy atom. The van der Waals surface area contributed by atoms with E-state index in [1.54, 1.807) is 0 Å². The molecule has 3 nitrogen and oxygen atoms in total. The second-order valence-corrected chi connectivity index (χ2v) is 6.79. The zero-order valence-electron chi connectivity index (χ0n) is 13.8. The molecule has 2 rings (SSSR count). The van der Waals surface area contributed by atoms with Crippen molar-refractivity contribution >= 4 is 0 Å². The normalized spacial score (nSPS) is 22.4. The Morgan fingerprint density at radius 3 is 2.20 bits per heavy atom. The van der Waals surface area contributed by atoms with Crippen molar-refractivity contribution in [2.75, 3.05) is 32.8 Å². The van der Waals surface area contributed by atoms with E-state index >= 15 is 0 Å². The summed E-state index contributed by atoms with van der Waals surface area (Å²) in [5.74, 6) is 0. The zero-order chi connectivity index (χ0) is 14.4. The van der Waals surface area contributed by atoms with Crippen molar-refractivity contribution in [3.05, 3.63) is 0 Å². The summed E-state index contributed by atoms with van der Waals surface area (Å²) in [7, 11) is 0. The lowest BCUT2D eigenvalue weighted by Crippen LogP contribution is -2.47. The highest BCUT2D eigenvalue weighted by Crippen LogP contribution is 2.30. The highest BCUT2D eigenvalue weighted by Gasteiger charge is 2.32. The van der Waals surface area contributed by atoms with Gasteiger partial charge in [0.2, 0.25) is 0 Å². The van der Waals surface area contributed by atoms with Crippen LogP contribution in [0, 0.1) is 5.41 Å². The number of piperidine rings is 1. The van der Waals surface area contributed by atoms with E-state index < -0.39 is 0 Å². The number of nitrogens with one attached hydrogen (secondary N) is 1. The van der Waals surface area contributed by atoms with Gasteiger partial charge in [0.1, 0.15) is 0 Å². The molecule has 0 aromatic carbocycles. The van der Waals surface area contributed by atoms with Crippen molar-refractivity contribution in [2.24, 2.45) is 5.41 Å². The summed E-state index contributed by atoms with van der Waals surface area (Å²) in [6.45, 7) is 12.6. The van der Waals surface area contributed by atoms with Gasteiger partial charge in [-0.2, -0.15) is 0 Å². The summed E-state index contributed by atoms with van der Waals surface area (Å²) in [5, 5.41) is 3.77. The Kier molecular flexibility index (Phi) is 6.31. The molecular formula is C17H34N2O. The van der Waals surface area contributed by atoms with Crippen LogP contribution in [0.1, 0.15) is 59.3 Å². The maximum Gasteiger partial charge on any atom is 0.0599 e. The fraction of sp³-hybridized carbons (Fsp3) is 1.00. The molecule has 20 heavy (non-hydrogen) atoms. The summed E-state index contributed by atoms with van der Waals surface area (Å²) >= 11 is 0. The van der Waals surface area contributed by atoms with Crippen LogP contribution in [-0.2, 0) is 4.74 Å². The molecule has 2 fully saturated rings. The second-order valence-electron chi connectivity index (χ2n) is 6.79. The number of hydrogen-bond donors (Lipinski definition) is 1. The van der Waals surface area contributed by atoms with Gasteiger partial charge in [-0.25, -0.2) is 0 Å². The number of rotatable bonds is 9. The van der Waals surface area contributed by atoms with Crippen LogP contribution in [0.3, 0.4) is 0 Å². The van der Waals surface area contributed by atoms with Crippen molar-refractivity contribution in [3.63, 3.8) is 0 Å². The molecule has 1 saturated carbocycles. The van der Waals surface area contributed by atoms with Crippen molar-refractivity contribution < 1.29 is 4.74 Å². The Hall–Kier alpha value is -0.120. The van der Waals surface area contributed by atoms with Gasteiger partial charge in [0.25, 0.3) is 0 Å². The van der Waals surface area contributed by atoms with E-state index in [0.717, 1.165) is 12.6 Å². The monoisotopic (exact) mass is 282 g/mol. The van der Waals surface area contributed by atoms with Gasteiger partial charge in [-0.3, -0.25) is 0 Å². The predicted molar refractivity (Wildman–Crippen MR) is 85.1 cm³/mol. The fourth-order valence-electron chi connectivity index (χ4n) is 3.37. The molecule has 1 N–H and O–H groups in total. The van der Waals surface area contributed by atoms with Crippen molar-refractivity contribution in [2.45, 2.75) is 71.4 Å². The van der Waals surface area contributed by atoms with E-state index in [-0.39, 0.29) is 0 Å². The lowest BCUT2D eigenvalue weighted by atomic mass is 9.81. The third-order valence-corrected chi connectivity index (χ3v) is 5.34. The first-order valence-corrected chi connectivity index (χ1v) is 8.78. The van der Waals surface area contributed by atoms with Gasteiger partial charge < -0.3 is 15.0 Å². The molecule has 0 spiro atoms. The largest absolute Gasteiger partial charge is 0.378 e. The maximum atomic E-state index is 5.76. The summed E-state index contributed by atoms with van der Waals surface area (Å²) < 4.78 is 5.76. The third-order valence-electron chi connectivity index (χ3n) is 5.34. The van der Waals surface area contributed by atoms with Crippen LogP contribution in [-0.4, -0.2) is 49.8 Å². The minimum absolute atomic E-state index is 0.473. The van der Waals surface area contributed by atoms with Crippen LogP contribution in [0.2, 0.25) is 0 Å². The molecule has 0 aromatic rings. The molecule has 118 valence electrons. The smallest absolute Gasteiger partial charge is 0.0599 e. The minimum atomic E-state index is 0.473. The Labute approximate surface area is 125 Å². The lowest BCUT2D eigenvalue weighted by Gasteiger charge is -2.40. The van der Waals surface area contributed by atoms with Crippen molar-refractivity contribution in [1.29, 1.82) is 0 Å². The van der Waals surface area contributed by atoms with E-state index in [9.17, 15) is 0 Å². The van der Waals surface area contributed by atoms with Crippen LogP contribution in [0.5, 0.6) is 0 Å². The number of ether oxygens (including phenoxy) is 1. The molecule has 1 heterocycles. The van der Waals surface area contributed by atoms with Gasteiger partial charge in [-0.15, -0.1) is 0 Å². The SMILES string of the molecule is CCOC1CCN(CC(CC)(CC)CNC2CC2)CC1. The molecule has 0 radical (unpaired) electrons. The topological polar surface area (TPSA) is 24.5 Å². The molecule has 0 aromatic heterocycles. The molecule has 1 aliphatic heterocycles. The molecule has 3 heteroatoms. The van der Waals surface area contributed by atoms with Gasteiger partial charge in [0.05, 0.1) is 6.10 Å². The quantitative estimate of drug-likeness (QED) is 0.703. The van der Waals surface area contributed by atoms with Gasteiger partial charge in [-0.05, 0) is 50.9 Å². The molecule has 0 unspecified atom stereocenters. The molecule has 1 saturated heterocycles. The van der Waals surface area contributed by atoms with Gasteiger partial charge >= 0.3 is 0 Å². The van der Waals surface area contributed by atoms with E-state index in [1.807, 2.05) is 0 Å². The summed E-state index contributed by atoms with van der Waals surface area (Å²) in [4.78, 5) is 2.68. The zero-order valence-corrected chi connectivity index (χ0v) is 13.8. The summed E-state index contributed by atoms with van der Waals surface area (Å²) in [6.07, 6.45) is 8.30. The summed E-state index contributed by atoms with van der Waals surface area (Å²) in [5.41, 5.74) is 0.473. The molecule has 0 bridgehead atoms. The first-order valence-electron chi connectivity index (χ1n) is 8.78. The number of likely N-dealkylation sites (tertiary alicyclic amines) is 1. The van der Waals surface area contributed by atoms with Crippen molar-refractivity contribution in [1.82, 2.24) is 10.2 Å². The van der Waals surface area contributed by atoms with E-state index in [0.29, 0.717) is 11.5 Å². The molecule has 2 aliphatic rings. The molecule has 0 atom stereocenters. The van der Waals surface area contributed by atoms with Gasteiger partial charge in [0.15, 0.2) is 0 Å². The van der Waals surface area contributed by atoms with Gasteiger partial charge in [0, 0.05) is 38.8 Å². The molecule has 0 amide bonds. The number of hydrogen-bond acceptors (Lipinski definition) is 3. The fourth-order valence-corrected chi connectivity index (χ4v) is 3.37. The highest BCUT2D eigenvalue weighted by molar-refractivity contribution is 4.89. The van der Waals surface area contributed by atoms with E-state index in [4.69, 9.17) is 4.74 Å². The van der Waals surface area contributed by atoms with Crippen LogP contribution >= 0.6 is 0 Å². The van der Waals surface area contributed by atoms with Crippen molar-refractivity contribution in [3.8, 4) is 0 Å². The molecule has 1 aliphatic carbocycles. The average Bonchev–Trinajstić information content (AvgIpc) is 3.30. The first-order chi connectivity index (χ1) is 9.71. The van der Waals surface area contributed by atoms with E-state index in [1.165, 1.54) is 64.7 Å². The Bertz CT molecular complexity index is 266. The third kappa shape index (κ3) is 4.71. The number of nitrogens with zero attached hydrogens (tertiary/aromatic N) is 1. The van der Waals surface area contributed by atoms with Gasteiger partial charge in [-0.1, -0.05) is 13.8 Å². The van der Waals surface area contributed by atoms with Crippen LogP contribution in [0.4, 0.5) is 0 Å². The first kappa shape index (κ1) is 16.3. The van der Waals surface area contributed by atoms with E-state index in [2.05, 4.69) is 31.0 Å². The summed E-state index contributed by atoms with van der Waals surface area (Å²) in [6, 6.07) is 0.830.